The number of oxazole rings is 1. The Morgan fingerprint density at radius 2 is 1.87 bits per heavy atom. The minimum absolute atomic E-state index is 0.0997. The topological polar surface area (TPSA) is 96.2 Å². The molecule has 6 nitrogen and oxygen atoms in total. The summed E-state index contributed by atoms with van der Waals surface area (Å²) in [5.41, 5.74) is 10.1. The second-order valence-electron chi connectivity index (χ2n) is 10.1. The zero-order chi connectivity index (χ0) is 27.4. The summed E-state index contributed by atoms with van der Waals surface area (Å²) in [5.74, 6) is 6.93. The average Bonchev–Trinajstić information content (AvgIpc) is 3.64. The molecule has 1 fully saturated rings. The molecule has 2 N–H and O–H groups in total. The summed E-state index contributed by atoms with van der Waals surface area (Å²) >= 11 is 0. The highest BCUT2D eigenvalue weighted by molar-refractivity contribution is 5.97. The van der Waals surface area contributed by atoms with Gasteiger partial charge in [-0.15, -0.1) is 5.92 Å². The van der Waals surface area contributed by atoms with Crippen molar-refractivity contribution in [1.82, 2.24) is 9.88 Å². The number of hydrogen-bond acceptors (Lipinski definition) is 5. The summed E-state index contributed by atoms with van der Waals surface area (Å²) in [4.78, 5) is 20.1. The van der Waals surface area contributed by atoms with Gasteiger partial charge in [-0.05, 0) is 74.1 Å². The van der Waals surface area contributed by atoms with Crippen LogP contribution in [0.2, 0.25) is 0 Å². The number of aromatic nitrogens is 1. The van der Waals surface area contributed by atoms with Crippen molar-refractivity contribution < 1.29 is 9.21 Å². The van der Waals surface area contributed by atoms with Crippen LogP contribution in [-0.4, -0.2) is 28.4 Å². The summed E-state index contributed by atoms with van der Waals surface area (Å²) in [5, 5.41) is 9.74. The van der Waals surface area contributed by atoms with Gasteiger partial charge in [0.05, 0.1) is 29.4 Å². The third kappa shape index (κ3) is 5.48. The maximum absolute atomic E-state index is 13.7. The molecule has 6 heteroatoms. The minimum atomic E-state index is -0.780. The van der Waals surface area contributed by atoms with Gasteiger partial charge in [-0.3, -0.25) is 4.79 Å². The Kier molecular flexibility index (Phi) is 7.32. The number of nitrogens with two attached hydrogens (primary N) is 1. The van der Waals surface area contributed by atoms with Crippen LogP contribution in [0.4, 0.5) is 0 Å². The van der Waals surface area contributed by atoms with Crippen molar-refractivity contribution in [3.8, 4) is 40.5 Å². The fourth-order valence-electron chi connectivity index (χ4n) is 5.13. The normalized spacial score (nSPS) is 16.2. The van der Waals surface area contributed by atoms with Gasteiger partial charge in [0.15, 0.2) is 0 Å². The van der Waals surface area contributed by atoms with Gasteiger partial charge in [0.1, 0.15) is 5.76 Å². The predicted molar refractivity (Wildman–Crippen MR) is 151 cm³/mol. The van der Waals surface area contributed by atoms with E-state index in [9.17, 15) is 10.1 Å². The molecule has 0 bridgehead atoms. The molecule has 0 spiro atoms. The monoisotopic (exact) mass is 514 g/mol. The van der Waals surface area contributed by atoms with E-state index in [-0.39, 0.29) is 11.9 Å². The molecule has 1 saturated heterocycles. The summed E-state index contributed by atoms with van der Waals surface area (Å²) in [7, 11) is 0. The third-order valence-electron chi connectivity index (χ3n) is 7.09. The first-order chi connectivity index (χ1) is 18.9. The van der Waals surface area contributed by atoms with Gasteiger partial charge in [-0.25, -0.2) is 4.98 Å². The van der Waals surface area contributed by atoms with Gasteiger partial charge in [0, 0.05) is 17.7 Å². The molecule has 2 unspecified atom stereocenters. The highest BCUT2D eigenvalue weighted by Crippen LogP contribution is 2.33. The summed E-state index contributed by atoms with van der Waals surface area (Å²) in [6.07, 6.45) is 4.00. The second kappa shape index (κ2) is 11.0. The molecular formula is C33H30N4O2. The first kappa shape index (κ1) is 26.0. The van der Waals surface area contributed by atoms with E-state index in [2.05, 4.69) is 22.9 Å². The van der Waals surface area contributed by atoms with Gasteiger partial charge in [-0.1, -0.05) is 54.5 Å². The third-order valence-corrected chi connectivity index (χ3v) is 7.09. The highest BCUT2D eigenvalue weighted by Gasteiger charge is 2.30. The molecule has 4 aromatic rings. The van der Waals surface area contributed by atoms with Crippen molar-refractivity contribution in [3.05, 3.63) is 101 Å². The summed E-state index contributed by atoms with van der Waals surface area (Å²) in [6, 6.07) is 25.0. The quantitative estimate of drug-likeness (QED) is 0.322. The molecule has 2 atom stereocenters. The lowest BCUT2D eigenvalue weighted by Crippen LogP contribution is -2.35. The predicted octanol–water partition coefficient (Wildman–Crippen LogP) is 5.92. The molecule has 0 radical (unpaired) electrons. The molecule has 1 aliphatic rings. The molecule has 0 aliphatic carbocycles. The lowest BCUT2D eigenvalue weighted by atomic mass is 9.92. The van der Waals surface area contributed by atoms with Gasteiger partial charge in [0.2, 0.25) is 5.89 Å². The largest absolute Gasteiger partial charge is 0.439 e. The van der Waals surface area contributed by atoms with Crippen LogP contribution >= 0.6 is 0 Å². The Labute approximate surface area is 229 Å². The molecule has 5 rings (SSSR count). The van der Waals surface area contributed by atoms with Crippen LogP contribution in [-0.2, 0) is 12.0 Å². The number of likely N-dealkylation sites (tertiary alicyclic amines) is 1. The molecular weight excluding hydrogens is 484 g/mol. The number of nitrogens with zero attached hydrogens (tertiary/aromatic N) is 3. The van der Waals surface area contributed by atoms with Crippen LogP contribution < -0.4 is 5.73 Å². The smallest absolute Gasteiger partial charge is 0.254 e. The van der Waals surface area contributed by atoms with Crippen molar-refractivity contribution in [2.24, 2.45) is 5.73 Å². The van der Waals surface area contributed by atoms with E-state index in [4.69, 9.17) is 10.2 Å². The van der Waals surface area contributed by atoms with E-state index >= 15 is 0 Å². The second-order valence-corrected chi connectivity index (χ2v) is 10.1. The van der Waals surface area contributed by atoms with Crippen molar-refractivity contribution in [3.63, 3.8) is 0 Å². The number of benzene rings is 3. The van der Waals surface area contributed by atoms with Crippen LogP contribution in [0.25, 0.3) is 22.6 Å². The molecule has 194 valence electrons. The van der Waals surface area contributed by atoms with Crippen molar-refractivity contribution in [2.75, 3.05) is 6.54 Å². The Hall–Kier alpha value is -4.65. The molecule has 0 saturated carbocycles. The number of carbonyl (C=O) groups is 1. The average molecular weight is 515 g/mol. The van der Waals surface area contributed by atoms with E-state index < -0.39 is 5.54 Å². The highest BCUT2D eigenvalue weighted by atomic mass is 16.4. The van der Waals surface area contributed by atoms with E-state index in [0.717, 1.165) is 29.5 Å². The summed E-state index contributed by atoms with van der Waals surface area (Å²) < 4.78 is 6.23. The fourth-order valence-corrected chi connectivity index (χ4v) is 5.13. The summed E-state index contributed by atoms with van der Waals surface area (Å²) in [6.45, 7) is 4.36. The van der Waals surface area contributed by atoms with Gasteiger partial charge < -0.3 is 15.1 Å². The lowest BCUT2D eigenvalue weighted by Gasteiger charge is -2.22. The molecule has 2 heterocycles. The molecule has 1 aliphatic heterocycles. The Morgan fingerprint density at radius 1 is 1.13 bits per heavy atom. The van der Waals surface area contributed by atoms with Crippen LogP contribution in [0.1, 0.15) is 53.9 Å². The number of hydrogen-bond donors (Lipinski definition) is 1. The van der Waals surface area contributed by atoms with Crippen molar-refractivity contribution in [2.45, 2.75) is 44.7 Å². The first-order valence-electron chi connectivity index (χ1n) is 13.1. The Morgan fingerprint density at radius 3 is 2.64 bits per heavy atom. The van der Waals surface area contributed by atoms with E-state index in [1.165, 1.54) is 0 Å². The maximum atomic E-state index is 13.7. The van der Waals surface area contributed by atoms with Crippen LogP contribution in [0.3, 0.4) is 0 Å². The Bertz CT molecular complexity index is 1600. The van der Waals surface area contributed by atoms with E-state index in [1.807, 2.05) is 72.5 Å². The molecule has 1 amide bonds. The maximum Gasteiger partial charge on any atom is 0.254 e. The zero-order valence-electron chi connectivity index (χ0n) is 22.1. The van der Waals surface area contributed by atoms with Crippen molar-refractivity contribution >= 4 is 5.91 Å². The number of nitriles is 1. The minimum Gasteiger partial charge on any atom is -0.439 e. The van der Waals surface area contributed by atoms with Gasteiger partial charge >= 0.3 is 0 Å². The van der Waals surface area contributed by atoms with E-state index in [1.54, 1.807) is 25.3 Å². The standard InChI is InChI=1S/C33H30N4O2/c1-3-10-28-14-9-16-37(28)32(38)27-18-25(29-15-8-7-13-24(29)21-34)17-26(19-27)31-36-22-30(39-31)33(2,35)20-23-11-5-4-6-12-23/h4-8,11-13,15,17-19,22,28H,9,14,16,20,35H2,1-2H3. The molecule has 3 aromatic carbocycles. The van der Waals surface area contributed by atoms with Gasteiger partial charge in [-0.2, -0.15) is 5.26 Å². The van der Waals surface area contributed by atoms with Crippen molar-refractivity contribution in [1.29, 1.82) is 5.26 Å². The molecule has 1 aromatic heterocycles. The molecule has 39 heavy (non-hydrogen) atoms. The number of rotatable bonds is 6. The number of amides is 1. The Balaban J connectivity index is 1.56. The van der Waals surface area contributed by atoms with Crippen LogP contribution in [0.15, 0.2) is 83.4 Å². The van der Waals surface area contributed by atoms with Gasteiger partial charge in [0.25, 0.3) is 5.91 Å². The zero-order valence-corrected chi connectivity index (χ0v) is 22.1. The van der Waals surface area contributed by atoms with Crippen LogP contribution in [0, 0.1) is 23.2 Å². The SMILES string of the molecule is CC#CC1CCCN1C(=O)c1cc(-c2ncc(C(C)(N)Cc3ccccc3)o2)cc(-c2ccccc2C#N)c1. The first-order valence-corrected chi connectivity index (χ1v) is 13.1. The van der Waals surface area contributed by atoms with Crippen LogP contribution in [0.5, 0.6) is 0 Å². The number of carbonyl (C=O) groups excluding carboxylic acids is 1. The van der Waals surface area contributed by atoms with E-state index in [0.29, 0.717) is 41.3 Å². The fraction of sp³-hybridized carbons (Fsp3) is 0.242. The lowest BCUT2D eigenvalue weighted by molar-refractivity contribution is 0.0766.